The lowest BCUT2D eigenvalue weighted by Crippen LogP contribution is -2.17. The maximum Gasteiger partial charge on any atom is 0.260 e. The van der Waals surface area contributed by atoms with Crippen molar-refractivity contribution < 1.29 is 0 Å². The Kier molecular flexibility index (Phi) is 2.99. The first kappa shape index (κ1) is 12.7. The Morgan fingerprint density at radius 3 is 2.65 bits per heavy atom. The molecule has 3 aromatic rings. The van der Waals surface area contributed by atoms with Crippen LogP contribution in [0, 0.1) is 13.8 Å². The van der Waals surface area contributed by atoms with E-state index in [1.165, 1.54) is 0 Å². The van der Waals surface area contributed by atoms with Crippen LogP contribution in [0.15, 0.2) is 23.0 Å². The van der Waals surface area contributed by atoms with E-state index in [9.17, 15) is 4.79 Å². The van der Waals surface area contributed by atoms with Gasteiger partial charge in [0.2, 0.25) is 0 Å². The maximum atomic E-state index is 12.2. The smallest absolute Gasteiger partial charge is 0.260 e. The van der Waals surface area contributed by atoms with Gasteiger partial charge in [-0.1, -0.05) is 12.1 Å². The Morgan fingerprint density at radius 1 is 1.15 bits per heavy atom. The van der Waals surface area contributed by atoms with Gasteiger partial charge < -0.3 is 10.3 Å². The van der Waals surface area contributed by atoms with Gasteiger partial charge in [0.05, 0.1) is 17.4 Å². The molecule has 0 aliphatic rings. The molecule has 5 heteroatoms. The third-order valence-electron chi connectivity index (χ3n) is 3.47. The van der Waals surface area contributed by atoms with Crippen LogP contribution < -0.4 is 10.9 Å². The Labute approximate surface area is 116 Å². The quantitative estimate of drug-likeness (QED) is 0.695. The van der Waals surface area contributed by atoms with Crippen LogP contribution in [-0.4, -0.2) is 22.0 Å². The summed E-state index contributed by atoms with van der Waals surface area (Å²) >= 11 is 0. The summed E-state index contributed by atoms with van der Waals surface area (Å²) in [4.78, 5) is 23.9. The molecule has 20 heavy (non-hydrogen) atoms. The van der Waals surface area contributed by atoms with Gasteiger partial charge in [-0.25, -0.2) is 9.97 Å². The van der Waals surface area contributed by atoms with Crippen molar-refractivity contribution >= 4 is 21.9 Å². The predicted molar refractivity (Wildman–Crippen MR) is 79.9 cm³/mol. The molecule has 0 radical (unpaired) electrons. The molecule has 0 fully saturated rings. The second kappa shape index (κ2) is 4.68. The molecule has 0 unspecified atom stereocenters. The summed E-state index contributed by atoms with van der Waals surface area (Å²) in [7, 11) is 1.81. The molecule has 2 heterocycles. The summed E-state index contributed by atoms with van der Waals surface area (Å²) in [6.07, 6.45) is 0. The summed E-state index contributed by atoms with van der Waals surface area (Å²) in [6, 6.07) is 5.97. The average molecular weight is 268 g/mol. The van der Waals surface area contributed by atoms with Gasteiger partial charge in [-0.3, -0.25) is 4.79 Å². The molecule has 0 amide bonds. The molecule has 0 bridgehead atoms. The Balaban J connectivity index is 2.42. The van der Waals surface area contributed by atoms with Crippen LogP contribution in [0.3, 0.4) is 0 Å². The van der Waals surface area contributed by atoms with Gasteiger partial charge in [0.15, 0.2) is 5.65 Å². The van der Waals surface area contributed by atoms with Gasteiger partial charge in [0.1, 0.15) is 5.82 Å². The minimum Gasteiger partial charge on any atom is -0.313 e. The molecule has 102 valence electrons. The van der Waals surface area contributed by atoms with Crippen molar-refractivity contribution in [2.75, 3.05) is 7.05 Å². The zero-order valence-corrected chi connectivity index (χ0v) is 11.7. The largest absolute Gasteiger partial charge is 0.313 e. The molecule has 1 aromatic carbocycles. The van der Waals surface area contributed by atoms with Crippen molar-refractivity contribution in [1.82, 2.24) is 20.3 Å². The van der Waals surface area contributed by atoms with E-state index >= 15 is 0 Å². The molecule has 2 N–H and O–H groups in total. The van der Waals surface area contributed by atoms with E-state index in [0.717, 1.165) is 22.0 Å². The van der Waals surface area contributed by atoms with E-state index in [1.54, 1.807) is 0 Å². The molecule has 3 rings (SSSR count). The first-order valence-electron chi connectivity index (χ1n) is 6.54. The third-order valence-corrected chi connectivity index (χ3v) is 3.47. The monoisotopic (exact) mass is 268 g/mol. The number of benzene rings is 1. The van der Waals surface area contributed by atoms with Crippen molar-refractivity contribution in [1.29, 1.82) is 0 Å². The summed E-state index contributed by atoms with van der Waals surface area (Å²) < 4.78 is 0. The normalized spacial score (nSPS) is 11.3. The standard InChI is InChI=1S/C15H16N4O/c1-8-4-5-9(2)13-10(8)6-11-14(19-13)17-12(7-16-3)18-15(11)20/h4-6,16H,7H2,1-3H3,(H,17,18,19,20). The predicted octanol–water partition coefficient (Wildman–Crippen LogP) is 1.81. The molecular formula is C15H16N4O. The van der Waals surface area contributed by atoms with Gasteiger partial charge >= 0.3 is 0 Å². The number of hydrogen-bond acceptors (Lipinski definition) is 4. The van der Waals surface area contributed by atoms with Crippen LogP contribution in [0.5, 0.6) is 0 Å². The summed E-state index contributed by atoms with van der Waals surface area (Å²) in [6.45, 7) is 4.55. The molecule has 0 aliphatic carbocycles. The van der Waals surface area contributed by atoms with Gasteiger partial charge in [0.25, 0.3) is 5.56 Å². The third kappa shape index (κ3) is 1.96. The molecular weight excluding hydrogens is 252 g/mol. The number of nitrogens with one attached hydrogen (secondary N) is 2. The fourth-order valence-electron chi connectivity index (χ4n) is 2.38. The van der Waals surface area contributed by atoms with Crippen LogP contribution >= 0.6 is 0 Å². The fourth-order valence-corrected chi connectivity index (χ4v) is 2.38. The van der Waals surface area contributed by atoms with Crippen molar-refractivity contribution in [3.8, 4) is 0 Å². The number of H-pyrrole nitrogens is 1. The summed E-state index contributed by atoms with van der Waals surface area (Å²) in [5.74, 6) is 0.599. The minimum atomic E-state index is -0.143. The average Bonchev–Trinajstić information content (AvgIpc) is 2.42. The lowest BCUT2D eigenvalue weighted by Gasteiger charge is -2.07. The van der Waals surface area contributed by atoms with Crippen LogP contribution in [0.2, 0.25) is 0 Å². The van der Waals surface area contributed by atoms with E-state index in [-0.39, 0.29) is 5.56 Å². The van der Waals surface area contributed by atoms with Crippen molar-refractivity contribution in [3.63, 3.8) is 0 Å². The Bertz CT molecular complexity index is 867. The minimum absolute atomic E-state index is 0.143. The highest BCUT2D eigenvalue weighted by Gasteiger charge is 2.09. The highest BCUT2D eigenvalue weighted by Crippen LogP contribution is 2.22. The molecule has 0 spiro atoms. The highest BCUT2D eigenvalue weighted by atomic mass is 16.1. The number of aromatic nitrogens is 3. The number of rotatable bonds is 2. The van der Waals surface area contributed by atoms with Crippen molar-refractivity contribution in [3.05, 3.63) is 45.5 Å². The van der Waals surface area contributed by atoms with Gasteiger partial charge in [-0.2, -0.15) is 0 Å². The summed E-state index contributed by atoms with van der Waals surface area (Å²) in [5, 5.41) is 4.51. The van der Waals surface area contributed by atoms with Gasteiger partial charge in [-0.05, 0) is 38.1 Å². The Hall–Kier alpha value is -2.27. The van der Waals surface area contributed by atoms with Gasteiger partial charge in [-0.15, -0.1) is 0 Å². The second-order valence-corrected chi connectivity index (χ2v) is 5.00. The lowest BCUT2D eigenvalue weighted by atomic mass is 10.0. The molecule has 2 aromatic heterocycles. The van der Waals surface area contributed by atoms with E-state index < -0.39 is 0 Å². The topological polar surface area (TPSA) is 70.7 Å². The van der Waals surface area contributed by atoms with E-state index in [2.05, 4.69) is 20.3 Å². The van der Waals surface area contributed by atoms with Crippen LogP contribution in [0.25, 0.3) is 21.9 Å². The Morgan fingerprint density at radius 2 is 1.90 bits per heavy atom. The van der Waals surface area contributed by atoms with Crippen LogP contribution in [0.1, 0.15) is 17.0 Å². The number of hydrogen-bond donors (Lipinski definition) is 2. The van der Waals surface area contributed by atoms with Crippen molar-refractivity contribution in [2.24, 2.45) is 0 Å². The van der Waals surface area contributed by atoms with Crippen LogP contribution in [0.4, 0.5) is 0 Å². The lowest BCUT2D eigenvalue weighted by molar-refractivity contribution is 0.758. The molecule has 0 aliphatic heterocycles. The van der Waals surface area contributed by atoms with E-state index in [1.807, 2.05) is 39.1 Å². The number of pyridine rings is 1. The van der Waals surface area contributed by atoms with E-state index in [0.29, 0.717) is 23.4 Å². The molecule has 0 saturated carbocycles. The molecule has 5 nitrogen and oxygen atoms in total. The fraction of sp³-hybridized carbons (Fsp3) is 0.267. The van der Waals surface area contributed by atoms with Gasteiger partial charge in [0, 0.05) is 5.39 Å². The second-order valence-electron chi connectivity index (χ2n) is 5.00. The maximum absolute atomic E-state index is 12.2. The first-order chi connectivity index (χ1) is 9.60. The molecule has 0 atom stereocenters. The SMILES string of the molecule is CNCc1nc2nc3c(C)ccc(C)c3cc2c(=O)[nH]1. The van der Waals surface area contributed by atoms with Crippen molar-refractivity contribution in [2.45, 2.75) is 20.4 Å². The zero-order valence-electron chi connectivity index (χ0n) is 11.7. The zero-order chi connectivity index (χ0) is 14.3. The molecule has 0 saturated heterocycles. The number of fused-ring (bicyclic) bond motifs is 2. The number of aryl methyl sites for hydroxylation is 2. The highest BCUT2D eigenvalue weighted by molar-refractivity contribution is 5.94. The number of aromatic amines is 1. The first-order valence-corrected chi connectivity index (χ1v) is 6.54. The summed E-state index contributed by atoms with van der Waals surface area (Å²) in [5.41, 5.74) is 3.46. The van der Waals surface area contributed by atoms with Crippen LogP contribution in [-0.2, 0) is 6.54 Å². The van der Waals surface area contributed by atoms with E-state index in [4.69, 9.17) is 0 Å². The number of nitrogens with zero attached hydrogens (tertiary/aromatic N) is 2.